The second kappa shape index (κ2) is 5.34. The van der Waals surface area contributed by atoms with Gasteiger partial charge in [-0.15, -0.1) is 11.3 Å². The molecule has 0 aliphatic carbocycles. The molecule has 0 aliphatic rings. The zero-order chi connectivity index (χ0) is 15.0. The van der Waals surface area contributed by atoms with Crippen LogP contribution in [0.4, 0.5) is 0 Å². The molecule has 1 aromatic carbocycles. The van der Waals surface area contributed by atoms with Gasteiger partial charge in [0, 0.05) is 18.7 Å². The van der Waals surface area contributed by atoms with Crippen molar-refractivity contribution < 1.29 is 9.47 Å². The van der Waals surface area contributed by atoms with Crippen molar-refractivity contribution >= 4 is 22.4 Å². The highest BCUT2D eigenvalue weighted by Crippen LogP contribution is 2.34. The number of aryl methyl sites for hydroxylation is 1. The summed E-state index contributed by atoms with van der Waals surface area (Å²) in [5.74, 6) is 2.12. The third-order valence-electron chi connectivity index (χ3n) is 3.22. The van der Waals surface area contributed by atoms with Crippen LogP contribution in [0.5, 0.6) is 11.5 Å². The summed E-state index contributed by atoms with van der Waals surface area (Å²) < 4.78 is 10.6. The smallest absolute Gasteiger partial charge is 0.163 e. The molecule has 0 radical (unpaired) electrons. The minimum absolute atomic E-state index is 0.438. The molecule has 0 unspecified atom stereocenters. The maximum Gasteiger partial charge on any atom is 0.163 e. The fourth-order valence-electron chi connectivity index (χ4n) is 2.20. The van der Waals surface area contributed by atoms with Crippen LogP contribution in [0.1, 0.15) is 10.7 Å². The van der Waals surface area contributed by atoms with Crippen molar-refractivity contribution in [3.8, 4) is 22.2 Å². The highest BCUT2D eigenvalue weighted by Gasteiger charge is 2.15. The van der Waals surface area contributed by atoms with Crippen LogP contribution in [0.3, 0.4) is 0 Å². The number of hydrogen-bond acceptors (Lipinski definition) is 6. The first-order chi connectivity index (χ1) is 10.2. The summed E-state index contributed by atoms with van der Waals surface area (Å²) in [6.45, 7) is 2.40. The molecule has 0 saturated carbocycles. The van der Waals surface area contributed by atoms with Crippen molar-refractivity contribution in [3.63, 3.8) is 0 Å². The van der Waals surface area contributed by atoms with Gasteiger partial charge in [-0.2, -0.15) is 0 Å². The summed E-state index contributed by atoms with van der Waals surface area (Å²) in [7, 11) is 3.22. The molecule has 2 aromatic heterocycles. The number of imidazole rings is 1. The number of fused-ring (bicyclic) bond motifs is 1. The van der Waals surface area contributed by atoms with Gasteiger partial charge in [-0.3, -0.25) is 0 Å². The Morgan fingerprint density at radius 1 is 1.19 bits per heavy atom. The van der Waals surface area contributed by atoms with E-state index in [9.17, 15) is 0 Å². The number of hydrogen-bond donors (Lipinski definition) is 2. The number of ether oxygens (including phenoxy) is 2. The molecule has 21 heavy (non-hydrogen) atoms. The first-order valence-corrected chi connectivity index (χ1v) is 7.26. The summed E-state index contributed by atoms with van der Waals surface area (Å²) in [5.41, 5.74) is 8.29. The van der Waals surface area contributed by atoms with Crippen LogP contribution in [0.2, 0.25) is 0 Å². The van der Waals surface area contributed by atoms with Crippen LogP contribution in [0, 0.1) is 6.92 Å². The molecule has 7 heteroatoms. The summed E-state index contributed by atoms with van der Waals surface area (Å²) in [6.07, 6.45) is 0. The molecule has 3 rings (SSSR count). The maximum atomic E-state index is 5.65. The van der Waals surface area contributed by atoms with E-state index in [1.807, 2.05) is 19.1 Å². The molecular formula is C14H16N4O2S. The van der Waals surface area contributed by atoms with Crippen LogP contribution >= 0.6 is 11.3 Å². The Bertz CT molecular complexity index is 753. The number of aromatic nitrogens is 3. The molecule has 110 valence electrons. The molecule has 0 fully saturated rings. The number of aromatic amines is 1. The van der Waals surface area contributed by atoms with Crippen molar-refractivity contribution in [2.45, 2.75) is 13.5 Å². The Labute approximate surface area is 125 Å². The lowest BCUT2D eigenvalue weighted by molar-refractivity contribution is 0.356. The van der Waals surface area contributed by atoms with E-state index in [1.54, 1.807) is 25.6 Å². The van der Waals surface area contributed by atoms with E-state index >= 15 is 0 Å². The van der Waals surface area contributed by atoms with E-state index in [0.29, 0.717) is 18.0 Å². The van der Waals surface area contributed by atoms with Crippen LogP contribution in [0.15, 0.2) is 12.1 Å². The minimum atomic E-state index is 0.438. The molecule has 0 spiro atoms. The maximum absolute atomic E-state index is 5.65. The summed E-state index contributed by atoms with van der Waals surface area (Å²) >= 11 is 1.56. The molecule has 3 N–H and O–H groups in total. The highest BCUT2D eigenvalue weighted by molar-refractivity contribution is 7.15. The first-order valence-electron chi connectivity index (χ1n) is 6.44. The lowest BCUT2D eigenvalue weighted by Crippen LogP contribution is -1.94. The molecule has 2 heterocycles. The Hall–Kier alpha value is -2.12. The fourth-order valence-corrected chi connectivity index (χ4v) is 3.09. The largest absolute Gasteiger partial charge is 0.493 e. The number of thiazole rings is 1. The third-order valence-corrected chi connectivity index (χ3v) is 4.40. The average Bonchev–Trinajstić information content (AvgIpc) is 3.07. The number of nitrogens with two attached hydrogens (primary N) is 1. The Morgan fingerprint density at radius 2 is 1.90 bits per heavy atom. The number of methoxy groups -OCH3 is 2. The fraction of sp³-hybridized carbons (Fsp3) is 0.286. The predicted octanol–water partition coefficient (Wildman–Crippen LogP) is 2.47. The first kappa shape index (κ1) is 13.8. The quantitative estimate of drug-likeness (QED) is 0.773. The van der Waals surface area contributed by atoms with Crippen molar-refractivity contribution in [1.29, 1.82) is 0 Å². The van der Waals surface area contributed by atoms with Gasteiger partial charge in [0.15, 0.2) is 17.3 Å². The monoisotopic (exact) mass is 304 g/mol. The Balaban J connectivity index is 2.14. The molecule has 0 amide bonds. The van der Waals surface area contributed by atoms with Gasteiger partial charge in [0.1, 0.15) is 5.01 Å². The predicted molar refractivity (Wildman–Crippen MR) is 82.9 cm³/mol. The zero-order valence-corrected chi connectivity index (χ0v) is 12.9. The lowest BCUT2D eigenvalue weighted by Gasteiger charge is -2.06. The topological polar surface area (TPSA) is 86.0 Å². The molecule has 0 atom stereocenters. The number of nitrogens with one attached hydrogen (secondary N) is 1. The minimum Gasteiger partial charge on any atom is -0.493 e. The van der Waals surface area contributed by atoms with Crippen LogP contribution in [-0.2, 0) is 6.54 Å². The van der Waals surface area contributed by atoms with Crippen LogP contribution in [-0.4, -0.2) is 29.2 Å². The van der Waals surface area contributed by atoms with Gasteiger partial charge in [0.2, 0.25) is 0 Å². The lowest BCUT2D eigenvalue weighted by atomic mass is 10.3. The SMILES string of the molecule is COc1cc2nc(-c3sc(CN)nc3C)[nH]c2cc1OC. The molecule has 6 nitrogen and oxygen atoms in total. The van der Waals surface area contributed by atoms with Gasteiger partial charge in [-0.1, -0.05) is 0 Å². The Kier molecular flexibility index (Phi) is 3.52. The van der Waals surface area contributed by atoms with Crippen molar-refractivity contribution in [1.82, 2.24) is 15.0 Å². The van der Waals surface area contributed by atoms with Gasteiger partial charge < -0.3 is 20.2 Å². The van der Waals surface area contributed by atoms with Crippen molar-refractivity contribution in [2.24, 2.45) is 5.73 Å². The van der Waals surface area contributed by atoms with Gasteiger partial charge in [-0.25, -0.2) is 9.97 Å². The van der Waals surface area contributed by atoms with Gasteiger partial charge in [-0.05, 0) is 6.92 Å². The molecule has 0 saturated heterocycles. The second-order valence-corrected chi connectivity index (χ2v) is 5.62. The highest BCUT2D eigenvalue weighted by atomic mass is 32.1. The number of benzene rings is 1. The van der Waals surface area contributed by atoms with Crippen LogP contribution < -0.4 is 15.2 Å². The normalized spacial score (nSPS) is 11.0. The standard InChI is InChI=1S/C14H16N4O2S/c1-7-13(21-12(6-15)16-7)14-17-8-4-10(19-2)11(20-3)5-9(8)18-14/h4-5H,6,15H2,1-3H3,(H,17,18). The van der Waals surface area contributed by atoms with E-state index in [2.05, 4.69) is 15.0 Å². The number of H-pyrrole nitrogens is 1. The summed E-state index contributed by atoms with van der Waals surface area (Å²) in [5, 5.41) is 0.901. The van der Waals surface area contributed by atoms with Gasteiger partial charge >= 0.3 is 0 Å². The van der Waals surface area contributed by atoms with Crippen molar-refractivity contribution in [3.05, 3.63) is 22.8 Å². The molecule has 0 aliphatic heterocycles. The molecular weight excluding hydrogens is 288 g/mol. The number of rotatable bonds is 4. The van der Waals surface area contributed by atoms with E-state index in [4.69, 9.17) is 15.2 Å². The molecule has 3 aromatic rings. The average molecular weight is 304 g/mol. The molecule has 0 bridgehead atoms. The van der Waals surface area contributed by atoms with Gasteiger partial charge in [0.25, 0.3) is 0 Å². The second-order valence-electron chi connectivity index (χ2n) is 4.54. The third kappa shape index (κ3) is 2.34. The van der Waals surface area contributed by atoms with Gasteiger partial charge in [0.05, 0.1) is 35.8 Å². The van der Waals surface area contributed by atoms with E-state index < -0.39 is 0 Å². The summed E-state index contributed by atoms with van der Waals surface area (Å²) in [6, 6.07) is 3.74. The number of nitrogens with zero attached hydrogens (tertiary/aromatic N) is 2. The zero-order valence-electron chi connectivity index (χ0n) is 12.1. The Morgan fingerprint density at radius 3 is 2.52 bits per heavy atom. The van der Waals surface area contributed by atoms with E-state index in [1.165, 1.54) is 0 Å². The van der Waals surface area contributed by atoms with E-state index in [-0.39, 0.29) is 0 Å². The van der Waals surface area contributed by atoms with Crippen molar-refractivity contribution in [2.75, 3.05) is 14.2 Å². The van der Waals surface area contributed by atoms with Crippen LogP contribution in [0.25, 0.3) is 21.7 Å². The van der Waals surface area contributed by atoms with E-state index in [0.717, 1.165) is 32.4 Å². The summed E-state index contributed by atoms with van der Waals surface area (Å²) in [4.78, 5) is 13.3.